The van der Waals surface area contributed by atoms with Gasteiger partial charge in [-0.3, -0.25) is 4.79 Å². The Morgan fingerprint density at radius 2 is 2.00 bits per heavy atom. The van der Waals surface area contributed by atoms with Crippen LogP contribution in [0.2, 0.25) is 0 Å². The van der Waals surface area contributed by atoms with E-state index in [4.69, 9.17) is 11.6 Å². The van der Waals surface area contributed by atoms with Gasteiger partial charge in [-0.2, -0.15) is 8.78 Å². The van der Waals surface area contributed by atoms with E-state index in [-0.39, 0.29) is 15.8 Å². The highest BCUT2D eigenvalue weighted by Crippen LogP contribution is 2.33. The summed E-state index contributed by atoms with van der Waals surface area (Å²) < 4.78 is 29.0. The van der Waals surface area contributed by atoms with Gasteiger partial charge in [-0.15, -0.1) is 0 Å². The summed E-state index contributed by atoms with van der Waals surface area (Å²) in [7, 11) is 0. The van der Waals surface area contributed by atoms with Crippen LogP contribution < -0.4 is 4.74 Å². The van der Waals surface area contributed by atoms with Crippen LogP contribution in [0.15, 0.2) is 21.1 Å². The molecule has 0 fully saturated rings. The molecule has 0 aliphatic carbocycles. The van der Waals surface area contributed by atoms with Gasteiger partial charge in [0.2, 0.25) is 0 Å². The van der Waals surface area contributed by atoms with Crippen molar-refractivity contribution < 1.29 is 18.3 Å². The Morgan fingerprint density at radius 3 is 2.47 bits per heavy atom. The van der Waals surface area contributed by atoms with Gasteiger partial charge in [0.15, 0.2) is 0 Å². The highest BCUT2D eigenvalue weighted by Gasteiger charge is 2.18. The lowest BCUT2D eigenvalue weighted by atomic mass is 10.2. The summed E-state index contributed by atoms with van der Waals surface area (Å²) in [6.45, 7) is -3.01. The van der Waals surface area contributed by atoms with Crippen molar-refractivity contribution in [2.45, 2.75) is 6.61 Å². The second kappa shape index (κ2) is 5.23. The SMILES string of the molecule is O=C(Cl)c1c(Br)cc(Br)cc1OC(F)F. The minimum absolute atomic E-state index is 0.125. The molecule has 1 aromatic carbocycles. The van der Waals surface area contributed by atoms with Crippen molar-refractivity contribution in [3.8, 4) is 5.75 Å². The third-order valence-corrected chi connectivity index (χ3v) is 2.70. The van der Waals surface area contributed by atoms with Crippen LogP contribution in [-0.4, -0.2) is 11.9 Å². The smallest absolute Gasteiger partial charge is 0.387 e. The molecule has 0 aliphatic heterocycles. The fourth-order valence-electron chi connectivity index (χ4n) is 0.930. The van der Waals surface area contributed by atoms with Crippen LogP contribution in [0.1, 0.15) is 10.4 Å². The van der Waals surface area contributed by atoms with Crippen molar-refractivity contribution in [3.63, 3.8) is 0 Å². The average molecular weight is 364 g/mol. The fraction of sp³-hybridized carbons (Fsp3) is 0.125. The number of halogens is 5. The number of rotatable bonds is 3. The maximum atomic E-state index is 12.0. The molecule has 2 nitrogen and oxygen atoms in total. The molecular weight excluding hydrogens is 361 g/mol. The van der Waals surface area contributed by atoms with Crippen LogP contribution in [0.4, 0.5) is 8.78 Å². The second-order valence-corrected chi connectivity index (χ2v) is 4.53. The number of ether oxygens (including phenoxy) is 1. The van der Waals surface area contributed by atoms with Crippen molar-refractivity contribution >= 4 is 48.7 Å². The number of carbonyl (C=O) groups is 1. The first-order valence-electron chi connectivity index (χ1n) is 3.55. The lowest BCUT2D eigenvalue weighted by Gasteiger charge is -2.10. The first kappa shape index (κ1) is 12.9. The van der Waals surface area contributed by atoms with E-state index in [1.807, 2.05) is 0 Å². The largest absolute Gasteiger partial charge is 0.434 e. The van der Waals surface area contributed by atoms with Gasteiger partial charge in [0.1, 0.15) is 5.75 Å². The van der Waals surface area contributed by atoms with E-state index in [9.17, 15) is 13.6 Å². The fourth-order valence-corrected chi connectivity index (χ4v) is 2.60. The van der Waals surface area contributed by atoms with Crippen LogP contribution in [0.5, 0.6) is 5.75 Å². The molecule has 1 rings (SSSR count). The van der Waals surface area contributed by atoms with E-state index in [1.165, 1.54) is 12.1 Å². The van der Waals surface area contributed by atoms with Gasteiger partial charge >= 0.3 is 6.61 Å². The van der Waals surface area contributed by atoms with E-state index in [1.54, 1.807) is 0 Å². The molecule has 15 heavy (non-hydrogen) atoms. The van der Waals surface area contributed by atoms with Gasteiger partial charge in [-0.25, -0.2) is 0 Å². The van der Waals surface area contributed by atoms with E-state index < -0.39 is 11.9 Å². The molecule has 0 saturated carbocycles. The number of alkyl halides is 2. The Morgan fingerprint density at radius 1 is 1.40 bits per heavy atom. The van der Waals surface area contributed by atoms with Crippen molar-refractivity contribution in [2.75, 3.05) is 0 Å². The summed E-state index contributed by atoms with van der Waals surface area (Å²) in [5.41, 5.74) is -0.125. The molecule has 0 amide bonds. The summed E-state index contributed by atoms with van der Waals surface area (Å²) in [5.74, 6) is -0.272. The Bertz CT molecular complexity index is 398. The van der Waals surface area contributed by atoms with Gasteiger partial charge < -0.3 is 4.74 Å². The standard InChI is InChI=1S/C8H3Br2ClF2O2/c9-3-1-4(10)6(7(11)14)5(2-3)15-8(12)13/h1-2,8H. The normalized spacial score (nSPS) is 10.5. The van der Waals surface area contributed by atoms with Crippen LogP contribution in [0.25, 0.3) is 0 Å². The molecule has 0 spiro atoms. The quantitative estimate of drug-likeness (QED) is 0.752. The molecule has 0 atom stereocenters. The van der Waals surface area contributed by atoms with Crippen molar-refractivity contribution in [1.82, 2.24) is 0 Å². The lowest BCUT2D eigenvalue weighted by Crippen LogP contribution is -2.06. The van der Waals surface area contributed by atoms with Crippen molar-refractivity contribution in [1.29, 1.82) is 0 Å². The highest BCUT2D eigenvalue weighted by atomic mass is 79.9. The van der Waals surface area contributed by atoms with Gasteiger partial charge in [-0.1, -0.05) is 15.9 Å². The zero-order chi connectivity index (χ0) is 11.6. The summed E-state index contributed by atoms with van der Waals surface area (Å²) >= 11 is 11.3. The van der Waals surface area contributed by atoms with Crippen LogP contribution in [0.3, 0.4) is 0 Å². The molecule has 0 aromatic heterocycles. The molecule has 0 N–H and O–H groups in total. The third kappa shape index (κ3) is 3.39. The second-order valence-electron chi connectivity index (χ2n) is 2.41. The predicted molar refractivity (Wildman–Crippen MR) is 58.7 cm³/mol. The molecular formula is C8H3Br2ClF2O2. The van der Waals surface area contributed by atoms with E-state index in [0.29, 0.717) is 4.47 Å². The monoisotopic (exact) mass is 362 g/mol. The lowest BCUT2D eigenvalue weighted by molar-refractivity contribution is -0.0501. The Hall–Kier alpha value is -0.200. The minimum atomic E-state index is -3.01. The first-order chi connectivity index (χ1) is 6.91. The Balaban J connectivity index is 3.27. The number of benzene rings is 1. The molecule has 7 heteroatoms. The van der Waals surface area contributed by atoms with Crippen LogP contribution in [-0.2, 0) is 0 Å². The summed E-state index contributed by atoms with van der Waals surface area (Å²) in [6, 6.07) is 2.75. The zero-order valence-electron chi connectivity index (χ0n) is 6.94. The molecule has 82 valence electrons. The summed E-state index contributed by atoms with van der Waals surface area (Å²) in [5, 5.41) is -0.870. The number of carbonyl (C=O) groups excluding carboxylic acids is 1. The van der Waals surface area contributed by atoms with Crippen LogP contribution >= 0.6 is 43.5 Å². The van der Waals surface area contributed by atoms with Gasteiger partial charge in [-0.05, 0) is 39.7 Å². The molecule has 0 radical (unpaired) electrons. The molecule has 0 bridgehead atoms. The Kier molecular flexibility index (Phi) is 4.48. The predicted octanol–water partition coefficient (Wildman–Crippen LogP) is 4.19. The molecule has 0 aliphatic rings. The number of hydrogen-bond acceptors (Lipinski definition) is 2. The van der Waals surface area contributed by atoms with Crippen LogP contribution in [0, 0.1) is 0 Å². The maximum Gasteiger partial charge on any atom is 0.387 e. The molecule has 0 heterocycles. The van der Waals surface area contributed by atoms with Crippen molar-refractivity contribution in [2.24, 2.45) is 0 Å². The van der Waals surface area contributed by atoms with Gasteiger partial charge in [0.25, 0.3) is 5.24 Å². The van der Waals surface area contributed by atoms with Gasteiger partial charge in [0, 0.05) is 8.95 Å². The number of hydrogen-bond donors (Lipinski definition) is 0. The minimum Gasteiger partial charge on any atom is -0.434 e. The molecule has 1 aromatic rings. The molecule has 0 saturated heterocycles. The zero-order valence-corrected chi connectivity index (χ0v) is 10.9. The van der Waals surface area contributed by atoms with E-state index in [0.717, 1.165) is 0 Å². The van der Waals surface area contributed by atoms with Gasteiger partial charge in [0.05, 0.1) is 5.56 Å². The van der Waals surface area contributed by atoms with E-state index in [2.05, 4.69) is 36.6 Å². The maximum absolute atomic E-state index is 12.0. The summed E-state index contributed by atoms with van der Waals surface area (Å²) in [6.07, 6.45) is 0. The highest BCUT2D eigenvalue weighted by molar-refractivity contribution is 9.11. The first-order valence-corrected chi connectivity index (χ1v) is 5.52. The summed E-state index contributed by atoms with van der Waals surface area (Å²) in [4.78, 5) is 11.0. The third-order valence-electron chi connectivity index (χ3n) is 1.43. The van der Waals surface area contributed by atoms with E-state index >= 15 is 0 Å². The topological polar surface area (TPSA) is 26.3 Å². The Labute approximate surface area is 106 Å². The van der Waals surface area contributed by atoms with Crippen molar-refractivity contribution in [3.05, 3.63) is 26.6 Å². The average Bonchev–Trinajstić information content (AvgIpc) is 1.99. The molecule has 0 unspecified atom stereocenters.